The van der Waals surface area contributed by atoms with Gasteiger partial charge in [-0.05, 0) is 86.2 Å². The van der Waals surface area contributed by atoms with Gasteiger partial charge in [0.25, 0.3) is 0 Å². The normalized spacial score (nSPS) is 42.5. The van der Waals surface area contributed by atoms with Crippen molar-refractivity contribution in [3.8, 4) is 0 Å². The summed E-state index contributed by atoms with van der Waals surface area (Å²) < 4.78 is 0. The molecule has 3 nitrogen and oxygen atoms in total. The van der Waals surface area contributed by atoms with Crippen molar-refractivity contribution in [2.24, 2.45) is 34.5 Å². The number of allylic oxidation sites excluding steroid dienone is 4. The van der Waals surface area contributed by atoms with Crippen LogP contribution in [0.1, 0.15) is 72.6 Å². The summed E-state index contributed by atoms with van der Waals surface area (Å²) in [5.41, 5.74) is 2.87. The van der Waals surface area contributed by atoms with Crippen molar-refractivity contribution in [3.05, 3.63) is 23.3 Å². The van der Waals surface area contributed by atoms with Gasteiger partial charge in [0.05, 0.1) is 0 Å². The second-order valence-corrected chi connectivity index (χ2v) is 10.5. The van der Waals surface area contributed by atoms with Crippen molar-refractivity contribution >= 4 is 11.7 Å². The topological polar surface area (TPSA) is 37.4 Å². The number of hydrogen-bond acceptors (Lipinski definition) is 2. The molecule has 0 heterocycles. The van der Waals surface area contributed by atoms with E-state index < -0.39 is 0 Å². The molecule has 154 valence electrons. The highest BCUT2D eigenvalue weighted by molar-refractivity contribution is 5.92. The summed E-state index contributed by atoms with van der Waals surface area (Å²) in [6.07, 6.45) is 11.9. The van der Waals surface area contributed by atoms with E-state index in [4.69, 9.17) is 0 Å². The van der Waals surface area contributed by atoms with Crippen LogP contribution in [0, 0.1) is 34.5 Å². The van der Waals surface area contributed by atoms with Crippen LogP contribution in [-0.2, 0) is 9.59 Å². The van der Waals surface area contributed by atoms with Crippen LogP contribution in [0.2, 0.25) is 0 Å². The Morgan fingerprint density at radius 1 is 1.18 bits per heavy atom. The number of ketones is 1. The summed E-state index contributed by atoms with van der Waals surface area (Å²) in [4.78, 5) is 27.2. The van der Waals surface area contributed by atoms with Crippen molar-refractivity contribution < 1.29 is 9.59 Å². The van der Waals surface area contributed by atoms with E-state index in [1.54, 1.807) is 0 Å². The summed E-state index contributed by atoms with van der Waals surface area (Å²) in [6.45, 7) is 9.91. The Labute approximate surface area is 170 Å². The Kier molecular flexibility index (Phi) is 4.87. The van der Waals surface area contributed by atoms with Crippen molar-refractivity contribution in [2.75, 3.05) is 13.6 Å². The lowest BCUT2D eigenvalue weighted by atomic mass is 9.44. The molecule has 4 aliphatic carbocycles. The Balaban J connectivity index is 1.72. The highest BCUT2D eigenvalue weighted by Gasteiger charge is 2.58. The van der Waals surface area contributed by atoms with Gasteiger partial charge in [-0.15, -0.1) is 0 Å². The predicted octanol–water partition coefficient (Wildman–Crippen LogP) is 5.17. The van der Waals surface area contributed by atoms with Gasteiger partial charge in [0.1, 0.15) is 0 Å². The molecule has 0 aromatic rings. The minimum Gasteiger partial charge on any atom is -0.346 e. The second kappa shape index (κ2) is 6.85. The first-order valence-electron chi connectivity index (χ1n) is 11.4. The molecule has 1 amide bonds. The van der Waals surface area contributed by atoms with Crippen LogP contribution >= 0.6 is 0 Å². The third-order valence-corrected chi connectivity index (χ3v) is 9.22. The Bertz CT molecular complexity index is 750. The molecule has 28 heavy (non-hydrogen) atoms. The van der Waals surface area contributed by atoms with Crippen molar-refractivity contribution in [2.45, 2.75) is 72.6 Å². The first-order valence-corrected chi connectivity index (χ1v) is 11.4. The number of carbonyl (C=O) groups excluding carboxylic acids is 2. The van der Waals surface area contributed by atoms with Gasteiger partial charge in [-0.1, -0.05) is 31.9 Å². The first kappa shape index (κ1) is 19.9. The zero-order valence-electron chi connectivity index (χ0n) is 18.4. The molecule has 2 fully saturated rings. The molecule has 0 saturated heterocycles. The maximum atomic E-state index is 13.2. The number of fused-ring (bicyclic) bond motifs is 5. The highest BCUT2D eigenvalue weighted by Crippen LogP contribution is 2.65. The summed E-state index contributed by atoms with van der Waals surface area (Å²) >= 11 is 0. The molecule has 0 bridgehead atoms. The number of nitrogens with zero attached hydrogens (tertiary/aromatic N) is 1. The van der Waals surface area contributed by atoms with Crippen LogP contribution < -0.4 is 0 Å². The van der Waals surface area contributed by atoms with Crippen molar-refractivity contribution in [1.82, 2.24) is 4.90 Å². The summed E-state index contributed by atoms with van der Waals surface area (Å²) in [6, 6.07) is 0. The Hall–Kier alpha value is -1.38. The highest BCUT2D eigenvalue weighted by atomic mass is 16.2. The smallest absolute Gasteiger partial charge is 0.225 e. The van der Waals surface area contributed by atoms with Crippen LogP contribution in [0.15, 0.2) is 23.3 Å². The van der Waals surface area contributed by atoms with Crippen LogP contribution in [0.25, 0.3) is 0 Å². The molecule has 4 aliphatic rings. The van der Waals surface area contributed by atoms with Crippen molar-refractivity contribution in [3.63, 3.8) is 0 Å². The van der Waals surface area contributed by atoms with Gasteiger partial charge in [-0.25, -0.2) is 0 Å². The van der Waals surface area contributed by atoms with Gasteiger partial charge in [-0.3, -0.25) is 9.59 Å². The van der Waals surface area contributed by atoms with E-state index in [9.17, 15) is 9.59 Å². The summed E-state index contributed by atoms with van der Waals surface area (Å²) in [7, 11) is 1.96. The maximum absolute atomic E-state index is 13.2. The minimum atomic E-state index is 0.110. The molecule has 0 aromatic carbocycles. The molecular formula is C25H37NO2. The summed E-state index contributed by atoms with van der Waals surface area (Å²) in [5.74, 6) is 2.58. The fourth-order valence-corrected chi connectivity index (χ4v) is 7.44. The Morgan fingerprint density at radius 2 is 1.93 bits per heavy atom. The number of rotatable bonds is 2. The zero-order valence-corrected chi connectivity index (χ0v) is 18.4. The van der Waals surface area contributed by atoms with E-state index in [2.05, 4.69) is 33.8 Å². The number of amides is 1. The van der Waals surface area contributed by atoms with E-state index in [1.165, 1.54) is 30.4 Å². The second-order valence-electron chi connectivity index (χ2n) is 10.5. The largest absolute Gasteiger partial charge is 0.346 e. The van der Waals surface area contributed by atoms with Gasteiger partial charge >= 0.3 is 0 Å². The van der Waals surface area contributed by atoms with Gasteiger partial charge in [0.15, 0.2) is 5.78 Å². The lowest BCUT2D eigenvalue weighted by molar-refractivity contribution is -0.149. The van der Waals surface area contributed by atoms with E-state index in [0.29, 0.717) is 35.9 Å². The third-order valence-electron chi connectivity index (χ3n) is 9.22. The molecule has 0 radical (unpaired) electrons. The van der Waals surface area contributed by atoms with Crippen LogP contribution in [0.3, 0.4) is 0 Å². The molecule has 0 aliphatic heterocycles. The molecule has 0 N–H and O–H groups in total. The summed E-state index contributed by atoms with van der Waals surface area (Å²) in [5, 5.41) is 0. The maximum Gasteiger partial charge on any atom is 0.225 e. The average Bonchev–Trinajstić information content (AvgIpc) is 2.67. The van der Waals surface area contributed by atoms with Gasteiger partial charge < -0.3 is 4.90 Å². The molecule has 4 rings (SSSR count). The quantitative estimate of drug-likeness (QED) is 0.660. The SMILES string of the molecule is CCN(C)C(=O)[C@@H]1CCCC2C3C=C(C)C4=CC(=O)CC[C@]4(C)C3CC[C@@]21C. The number of carbonyl (C=O) groups is 2. The van der Waals surface area contributed by atoms with E-state index in [0.717, 1.165) is 25.8 Å². The minimum absolute atomic E-state index is 0.110. The molecule has 3 heteroatoms. The first-order chi connectivity index (χ1) is 13.2. The van der Waals surface area contributed by atoms with Gasteiger partial charge in [0.2, 0.25) is 5.91 Å². The van der Waals surface area contributed by atoms with Gasteiger partial charge in [0, 0.05) is 25.9 Å². The van der Waals surface area contributed by atoms with Crippen LogP contribution in [0.4, 0.5) is 0 Å². The lowest BCUT2D eigenvalue weighted by Crippen LogP contribution is -2.56. The van der Waals surface area contributed by atoms with E-state index in [1.807, 2.05) is 18.0 Å². The molecular weight excluding hydrogens is 346 g/mol. The van der Waals surface area contributed by atoms with Crippen molar-refractivity contribution in [1.29, 1.82) is 0 Å². The lowest BCUT2D eigenvalue weighted by Gasteiger charge is -2.60. The predicted molar refractivity (Wildman–Crippen MR) is 113 cm³/mol. The Morgan fingerprint density at radius 3 is 2.64 bits per heavy atom. The van der Waals surface area contributed by atoms with Crippen LogP contribution in [-0.4, -0.2) is 30.2 Å². The molecule has 6 atom stereocenters. The van der Waals surface area contributed by atoms with Crippen LogP contribution in [0.5, 0.6) is 0 Å². The zero-order chi connectivity index (χ0) is 20.3. The van der Waals surface area contributed by atoms with Gasteiger partial charge in [-0.2, -0.15) is 0 Å². The standard InChI is InChI=1S/C25H37NO2/c1-6-26(5)23(28)21-9-7-8-19-18-14-16(2)22-15-17(27)10-12-25(22,4)20(18)11-13-24(19,21)3/h14-15,18-21H,6-13H2,1-5H3/t18?,19?,20?,21-,24-,25+/m0/s1. The molecule has 3 unspecified atom stereocenters. The number of hydrogen-bond donors (Lipinski definition) is 0. The monoisotopic (exact) mass is 383 g/mol. The third kappa shape index (κ3) is 2.75. The molecule has 0 spiro atoms. The average molecular weight is 384 g/mol. The fourth-order valence-electron chi connectivity index (χ4n) is 7.44. The molecule has 0 aromatic heterocycles. The van der Waals surface area contributed by atoms with E-state index >= 15 is 0 Å². The van der Waals surface area contributed by atoms with E-state index in [-0.39, 0.29) is 16.7 Å². The fraction of sp³-hybridized carbons (Fsp3) is 0.760. The molecule has 2 saturated carbocycles.